The van der Waals surface area contributed by atoms with Crippen molar-refractivity contribution >= 4 is 54.5 Å². The smallest absolute Gasteiger partial charge is 0.302 e. The van der Waals surface area contributed by atoms with Gasteiger partial charge in [-0.2, -0.15) is 4.98 Å². The van der Waals surface area contributed by atoms with Gasteiger partial charge in [-0.1, -0.05) is 36.4 Å². The first-order valence-electron chi connectivity index (χ1n) is 13.6. The number of sulfonamides is 1. The molecule has 3 aromatic carbocycles. The van der Waals surface area contributed by atoms with Crippen molar-refractivity contribution in [1.82, 2.24) is 9.97 Å². The summed E-state index contributed by atoms with van der Waals surface area (Å²) in [4.78, 5) is 19.6. The van der Waals surface area contributed by atoms with Crippen molar-refractivity contribution in [2.24, 2.45) is 0 Å². The van der Waals surface area contributed by atoms with E-state index in [9.17, 15) is 22.5 Å². The van der Waals surface area contributed by atoms with Gasteiger partial charge in [-0.05, 0) is 77.3 Å². The van der Waals surface area contributed by atoms with Crippen LogP contribution in [0.2, 0.25) is 0 Å². The molecule has 4 rings (SSSR count). The molecule has 0 saturated heterocycles. The minimum absolute atomic E-state index is 0.108. The van der Waals surface area contributed by atoms with Crippen LogP contribution in [0.4, 0.5) is 23.1 Å². The van der Waals surface area contributed by atoms with Gasteiger partial charge in [0.1, 0.15) is 5.82 Å². The molecule has 4 aromatic rings. The lowest BCUT2D eigenvalue weighted by atomic mass is 10.1. The first kappa shape index (κ1) is 34.0. The highest BCUT2D eigenvalue weighted by molar-refractivity contribution is 7.99. The molecule has 11 nitrogen and oxygen atoms in total. The molecule has 234 valence electrons. The Bertz CT molecular complexity index is 1770. The van der Waals surface area contributed by atoms with Crippen molar-refractivity contribution < 1.29 is 27.3 Å². The number of nitrogens with one attached hydrogen (secondary N) is 3. The van der Waals surface area contributed by atoms with Crippen molar-refractivity contribution in [3.63, 3.8) is 0 Å². The van der Waals surface area contributed by atoms with Crippen LogP contribution in [-0.2, 0) is 29.1 Å². The molecule has 0 fully saturated rings. The van der Waals surface area contributed by atoms with Gasteiger partial charge in [0.25, 0.3) is 10.0 Å². The largest absolute Gasteiger partial charge is 0.466 e. The number of aliphatic hydroxyl groups is 1. The fourth-order valence-corrected chi connectivity index (χ4v) is 5.57. The summed E-state index contributed by atoms with van der Waals surface area (Å²) in [5.41, 5.74) is 2.48. The number of aromatic nitrogens is 2. The molecule has 0 aliphatic carbocycles. The summed E-state index contributed by atoms with van der Waals surface area (Å²) in [5, 5.41) is 15.9. The van der Waals surface area contributed by atoms with Gasteiger partial charge in [0.05, 0.1) is 18.1 Å². The van der Waals surface area contributed by atoms with E-state index in [1.807, 2.05) is 13.0 Å². The van der Waals surface area contributed by atoms with E-state index < -0.39 is 19.5 Å². The van der Waals surface area contributed by atoms with E-state index in [-0.39, 0.29) is 23.5 Å². The number of carbonyl (C=O) groups is 1. The standard InChI is InChI=1S/C27H29N5O4S2.C4H8O2/c1-19(18-33)29-26-25(17-28-27(31-26)30-22-8-7-11-24(16-22)37(2,3)34)20-12-14-21(15-13-20)32-38(35,36)23-9-5-4-6-10-23;1-3-6-4(2)5/h4-17,19,32-33H,2,18H2,1,3H3,(H2,28,29,30,31);3H2,1-2H3/t19-,37?;/m1./s1. The second-order valence-electron chi connectivity index (χ2n) is 9.76. The zero-order valence-corrected chi connectivity index (χ0v) is 26.6. The van der Waals surface area contributed by atoms with Gasteiger partial charge < -0.3 is 20.5 Å². The van der Waals surface area contributed by atoms with E-state index in [0.717, 1.165) is 5.56 Å². The summed E-state index contributed by atoms with van der Waals surface area (Å²) in [6.45, 7) is 5.36. The molecule has 0 aliphatic rings. The number of rotatable bonds is 11. The maximum Gasteiger partial charge on any atom is 0.302 e. The molecule has 0 bridgehead atoms. The molecular formula is C31H37N5O6S2. The number of anilines is 4. The predicted molar refractivity (Wildman–Crippen MR) is 176 cm³/mol. The van der Waals surface area contributed by atoms with Crippen molar-refractivity contribution in [3.05, 3.63) is 85.1 Å². The summed E-state index contributed by atoms with van der Waals surface area (Å²) in [6.07, 6.45) is 3.21. The van der Waals surface area contributed by atoms with Gasteiger partial charge in [0.2, 0.25) is 5.95 Å². The van der Waals surface area contributed by atoms with Crippen molar-refractivity contribution in [1.29, 1.82) is 0 Å². The van der Waals surface area contributed by atoms with E-state index in [0.29, 0.717) is 40.2 Å². The van der Waals surface area contributed by atoms with Crippen LogP contribution in [-0.4, -0.2) is 65.1 Å². The molecule has 0 spiro atoms. The second-order valence-corrected chi connectivity index (χ2v) is 13.9. The number of ether oxygens (including phenoxy) is 1. The molecule has 13 heteroatoms. The fourth-order valence-electron chi connectivity index (χ4n) is 3.75. The third-order valence-electron chi connectivity index (χ3n) is 5.88. The van der Waals surface area contributed by atoms with E-state index in [1.54, 1.807) is 80.0 Å². The number of carbonyl (C=O) groups excluding carboxylic acids is 1. The zero-order valence-electron chi connectivity index (χ0n) is 25.0. The van der Waals surface area contributed by atoms with Crippen LogP contribution in [0.1, 0.15) is 20.8 Å². The molecule has 1 heterocycles. The highest BCUT2D eigenvalue weighted by Gasteiger charge is 2.15. The third kappa shape index (κ3) is 10.1. The molecule has 4 N–H and O–H groups in total. The fraction of sp³-hybridized carbons (Fsp3) is 0.226. The average Bonchev–Trinajstić information content (AvgIpc) is 2.98. The highest BCUT2D eigenvalue weighted by Crippen LogP contribution is 2.30. The van der Waals surface area contributed by atoms with Crippen LogP contribution in [0, 0.1) is 0 Å². The zero-order chi connectivity index (χ0) is 32.3. The van der Waals surface area contributed by atoms with E-state index >= 15 is 0 Å². The second kappa shape index (κ2) is 15.3. The summed E-state index contributed by atoms with van der Waals surface area (Å²) >= 11 is 0. The van der Waals surface area contributed by atoms with E-state index in [2.05, 4.69) is 35.9 Å². The van der Waals surface area contributed by atoms with E-state index in [1.165, 1.54) is 19.1 Å². The number of aliphatic hydroxyl groups excluding tert-OH is 1. The minimum Gasteiger partial charge on any atom is -0.466 e. The van der Waals surface area contributed by atoms with Gasteiger partial charge in [0.15, 0.2) is 0 Å². The topological polar surface area (TPSA) is 160 Å². The predicted octanol–water partition coefficient (Wildman–Crippen LogP) is 4.76. The Labute approximate surface area is 258 Å². The SMILES string of the molecule is C=S(C)(=O)c1cccc(Nc2ncc(-c3ccc(NS(=O)(=O)c4ccccc4)cc3)c(N[C@H](C)CO)n2)c1.CCOC(C)=O. The summed E-state index contributed by atoms with van der Waals surface area (Å²) in [5.74, 6) is 4.30. The van der Waals surface area contributed by atoms with Gasteiger partial charge in [0, 0.05) is 47.3 Å². The first-order valence-corrected chi connectivity index (χ1v) is 17.2. The number of benzene rings is 3. The van der Waals surface area contributed by atoms with Crippen LogP contribution in [0.3, 0.4) is 0 Å². The van der Waals surface area contributed by atoms with Crippen LogP contribution in [0.15, 0.2) is 94.9 Å². The van der Waals surface area contributed by atoms with Crippen LogP contribution >= 0.6 is 0 Å². The molecule has 1 aromatic heterocycles. The number of hydrogen-bond donors (Lipinski definition) is 4. The Morgan fingerprint density at radius 3 is 2.20 bits per heavy atom. The van der Waals surface area contributed by atoms with Crippen molar-refractivity contribution in [2.45, 2.75) is 36.6 Å². The molecule has 0 aliphatic heterocycles. The number of esters is 1. The molecular weight excluding hydrogens is 603 g/mol. The number of hydrogen-bond acceptors (Lipinski definition) is 10. The maximum atomic E-state index is 12.6. The quantitative estimate of drug-likeness (QED) is 0.133. The van der Waals surface area contributed by atoms with Crippen LogP contribution < -0.4 is 15.4 Å². The molecule has 0 amide bonds. The average molecular weight is 640 g/mol. The molecule has 44 heavy (non-hydrogen) atoms. The summed E-state index contributed by atoms with van der Waals surface area (Å²) in [6, 6.07) is 21.8. The van der Waals surface area contributed by atoms with Crippen LogP contribution in [0.25, 0.3) is 11.1 Å². The normalized spacial score (nSPS) is 12.9. The van der Waals surface area contributed by atoms with Gasteiger partial charge >= 0.3 is 5.97 Å². The Kier molecular flexibility index (Phi) is 11.9. The Balaban J connectivity index is 0.000000801. The summed E-state index contributed by atoms with van der Waals surface area (Å²) < 4.78 is 44.6. The molecule has 0 saturated carbocycles. The molecule has 2 atom stereocenters. The Hall–Kier alpha value is -4.46. The molecule has 0 radical (unpaired) electrons. The first-order chi connectivity index (χ1) is 20.8. The number of nitrogens with zero attached hydrogens (tertiary/aromatic N) is 2. The van der Waals surface area contributed by atoms with E-state index in [4.69, 9.17) is 0 Å². The lowest BCUT2D eigenvalue weighted by molar-refractivity contribution is -0.140. The Morgan fingerprint density at radius 1 is 0.977 bits per heavy atom. The lowest BCUT2D eigenvalue weighted by Crippen LogP contribution is -2.21. The Morgan fingerprint density at radius 2 is 1.64 bits per heavy atom. The van der Waals surface area contributed by atoms with Gasteiger partial charge in [-0.25, -0.2) is 13.4 Å². The van der Waals surface area contributed by atoms with Crippen LogP contribution in [0.5, 0.6) is 0 Å². The summed E-state index contributed by atoms with van der Waals surface area (Å²) in [7, 11) is -6.09. The lowest BCUT2D eigenvalue weighted by Gasteiger charge is -2.17. The van der Waals surface area contributed by atoms with Crippen molar-refractivity contribution in [3.8, 4) is 11.1 Å². The monoisotopic (exact) mass is 639 g/mol. The molecule has 1 unspecified atom stereocenters. The maximum absolute atomic E-state index is 12.6. The third-order valence-corrected chi connectivity index (χ3v) is 8.53. The van der Waals surface area contributed by atoms with Crippen molar-refractivity contribution in [2.75, 3.05) is 34.8 Å². The minimum atomic E-state index is -3.71. The van der Waals surface area contributed by atoms with Gasteiger partial charge in [-0.3, -0.25) is 13.7 Å². The highest BCUT2D eigenvalue weighted by atomic mass is 32.2. The van der Waals surface area contributed by atoms with Gasteiger partial charge in [-0.15, -0.1) is 0 Å².